The molecule has 3 heterocycles. The maximum Gasteiger partial charge on any atom is 0.338 e. The molecule has 146 valence electrons. The summed E-state index contributed by atoms with van der Waals surface area (Å²) in [5, 5.41) is 12.7. The number of nitrogens with one attached hydrogen (secondary N) is 2. The molecule has 28 heavy (non-hydrogen) atoms. The lowest BCUT2D eigenvalue weighted by Gasteiger charge is -2.26. The molecule has 0 amide bonds. The zero-order chi connectivity index (χ0) is 19.3. The molecule has 0 spiro atoms. The van der Waals surface area contributed by atoms with Gasteiger partial charge in [0.2, 0.25) is 0 Å². The van der Waals surface area contributed by atoms with Crippen LogP contribution >= 0.6 is 0 Å². The summed E-state index contributed by atoms with van der Waals surface area (Å²) in [5.41, 5.74) is 2.94. The first-order valence-electron chi connectivity index (χ1n) is 9.43. The molecular weight excluding hydrogens is 358 g/mol. The fourth-order valence-electron chi connectivity index (χ4n) is 3.33. The van der Waals surface area contributed by atoms with Gasteiger partial charge in [-0.3, -0.25) is 4.90 Å². The molecule has 0 radical (unpaired) electrons. The number of ether oxygens (including phenoxy) is 1. The van der Waals surface area contributed by atoms with Crippen LogP contribution in [0.4, 0.5) is 5.69 Å². The number of pyridine rings is 1. The van der Waals surface area contributed by atoms with Gasteiger partial charge < -0.3 is 20.1 Å². The normalized spacial score (nSPS) is 15.0. The van der Waals surface area contributed by atoms with Gasteiger partial charge in [0.15, 0.2) is 5.65 Å². The van der Waals surface area contributed by atoms with E-state index < -0.39 is 5.97 Å². The zero-order valence-electron chi connectivity index (χ0n) is 15.5. The number of aromatic nitrogens is 3. The molecular formula is C20H23N5O3. The fourth-order valence-corrected chi connectivity index (χ4v) is 3.33. The third-order valence-corrected chi connectivity index (χ3v) is 4.86. The first-order valence-corrected chi connectivity index (χ1v) is 9.43. The van der Waals surface area contributed by atoms with Crippen molar-refractivity contribution in [2.75, 3.05) is 44.7 Å². The van der Waals surface area contributed by atoms with Crippen LogP contribution in [-0.4, -0.2) is 70.3 Å². The van der Waals surface area contributed by atoms with E-state index in [-0.39, 0.29) is 5.56 Å². The van der Waals surface area contributed by atoms with Crippen molar-refractivity contribution in [2.45, 2.75) is 6.42 Å². The number of imidazole rings is 1. The van der Waals surface area contributed by atoms with Gasteiger partial charge in [0.25, 0.3) is 0 Å². The second-order valence-corrected chi connectivity index (χ2v) is 6.76. The first kappa shape index (κ1) is 18.4. The number of carboxylic acid groups (broad SMARTS) is 1. The van der Waals surface area contributed by atoms with Crippen LogP contribution in [0.5, 0.6) is 0 Å². The molecule has 0 aliphatic carbocycles. The molecule has 4 rings (SSSR count). The van der Waals surface area contributed by atoms with Gasteiger partial charge in [0.05, 0.1) is 24.3 Å². The van der Waals surface area contributed by atoms with Crippen molar-refractivity contribution >= 4 is 22.8 Å². The number of fused-ring (bicyclic) bond motifs is 1. The average Bonchev–Trinajstić information content (AvgIpc) is 3.16. The van der Waals surface area contributed by atoms with Crippen molar-refractivity contribution in [3.8, 4) is 11.4 Å². The Morgan fingerprint density at radius 1 is 1.21 bits per heavy atom. The first-order chi connectivity index (χ1) is 13.7. The molecule has 8 heteroatoms. The molecule has 3 aromatic rings. The van der Waals surface area contributed by atoms with Crippen molar-refractivity contribution in [3.05, 3.63) is 42.1 Å². The summed E-state index contributed by atoms with van der Waals surface area (Å²) in [6.45, 7) is 5.69. The number of carboxylic acids is 1. The SMILES string of the molecule is O=C(O)c1ccnc2nc(-c3ccc(NCCCN4CCOCC4)cc3)[nH]c12. The Kier molecular flexibility index (Phi) is 5.50. The molecule has 1 fully saturated rings. The lowest BCUT2D eigenvalue weighted by atomic mass is 10.2. The quantitative estimate of drug-likeness (QED) is 0.540. The van der Waals surface area contributed by atoms with E-state index in [9.17, 15) is 9.90 Å². The Balaban J connectivity index is 1.37. The Hall–Kier alpha value is -2.97. The molecule has 0 unspecified atom stereocenters. The summed E-state index contributed by atoms with van der Waals surface area (Å²) in [6, 6.07) is 9.40. The van der Waals surface area contributed by atoms with Gasteiger partial charge >= 0.3 is 5.97 Å². The number of nitrogens with zero attached hydrogens (tertiary/aromatic N) is 3. The molecule has 3 N–H and O–H groups in total. The van der Waals surface area contributed by atoms with E-state index in [4.69, 9.17) is 4.74 Å². The molecule has 1 saturated heterocycles. The smallest absolute Gasteiger partial charge is 0.338 e. The van der Waals surface area contributed by atoms with Crippen molar-refractivity contribution in [3.63, 3.8) is 0 Å². The predicted molar refractivity (Wildman–Crippen MR) is 107 cm³/mol. The van der Waals surface area contributed by atoms with Crippen molar-refractivity contribution < 1.29 is 14.6 Å². The second-order valence-electron chi connectivity index (χ2n) is 6.76. The largest absolute Gasteiger partial charge is 0.478 e. The van der Waals surface area contributed by atoms with E-state index >= 15 is 0 Å². The summed E-state index contributed by atoms with van der Waals surface area (Å²) < 4.78 is 5.36. The van der Waals surface area contributed by atoms with Gasteiger partial charge in [-0.1, -0.05) is 0 Å². The summed E-state index contributed by atoms with van der Waals surface area (Å²) in [6.07, 6.45) is 2.54. The van der Waals surface area contributed by atoms with Gasteiger partial charge in [0.1, 0.15) is 5.82 Å². The van der Waals surface area contributed by atoms with Crippen molar-refractivity contribution in [1.29, 1.82) is 0 Å². The number of rotatable bonds is 7. The highest BCUT2D eigenvalue weighted by Gasteiger charge is 2.14. The lowest BCUT2D eigenvalue weighted by Crippen LogP contribution is -2.37. The third kappa shape index (κ3) is 4.13. The minimum Gasteiger partial charge on any atom is -0.478 e. The summed E-state index contributed by atoms with van der Waals surface area (Å²) >= 11 is 0. The summed E-state index contributed by atoms with van der Waals surface area (Å²) in [4.78, 5) is 25.4. The third-order valence-electron chi connectivity index (χ3n) is 4.86. The van der Waals surface area contributed by atoms with Crippen LogP contribution in [0, 0.1) is 0 Å². The summed E-state index contributed by atoms with van der Waals surface area (Å²) in [5.74, 6) is -0.394. The number of H-pyrrole nitrogens is 1. The van der Waals surface area contributed by atoms with Gasteiger partial charge in [-0.2, -0.15) is 0 Å². The number of morpholine rings is 1. The number of aromatic carboxylic acids is 1. The molecule has 1 aliphatic heterocycles. The highest BCUT2D eigenvalue weighted by atomic mass is 16.5. The Bertz CT molecular complexity index is 948. The van der Waals surface area contributed by atoms with Crippen molar-refractivity contribution in [1.82, 2.24) is 19.9 Å². The van der Waals surface area contributed by atoms with Crippen LogP contribution in [-0.2, 0) is 4.74 Å². The number of hydrogen-bond acceptors (Lipinski definition) is 6. The van der Waals surface area contributed by atoms with Gasteiger partial charge in [-0.05, 0) is 43.3 Å². The maximum atomic E-state index is 11.3. The molecule has 0 atom stereocenters. The van der Waals surface area contributed by atoms with Crippen LogP contribution in [0.2, 0.25) is 0 Å². The number of aromatic amines is 1. The zero-order valence-corrected chi connectivity index (χ0v) is 15.5. The number of carbonyl (C=O) groups is 1. The average molecular weight is 381 g/mol. The predicted octanol–water partition coefficient (Wildman–Crippen LogP) is 2.46. The highest BCUT2D eigenvalue weighted by molar-refractivity contribution is 6.00. The number of hydrogen-bond donors (Lipinski definition) is 3. The van der Waals surface area contributed by atoms with Gasteiger partial charge in [-0.25, -0.2) is 14.8 Å². The molecule has 0 bridgehead atoms. The summed E-state index contributed by atoms with van der Waals surface area (Å²) in [7, 11) is 0. The Morgan fingerprint density at radius 3 is 2.75 bits per heavy atom. The van der Waals surface area contributed by atoms with Crippen LogP contribution in [0.1, 0.15) is 16.8 Å². The van der Waals surface area contributed by atoms with Crippen LogP contribution in [0.3, 0.4) is 0 Å². The second kappa shape index (κ2) is 8.37. The van der Waals surface area contributed by atoms with Crippen molar-refractivity contribution in [2.24, 2.45) is 0 Å². The monoisotopic (exact) mass is 381 g/mol. The Morgan fingerprint density at radius 2 is 2.00 bits per heavy atom. The standard InChI is InChI=1S/C20H23N5O3/c26-20(27)16-6-8-22-19-17(16)23-18(24-19)14-2-4-15(5-3-14)21-7-1-9-25-10-12-28-13-11-25/h2-6,8,21H,1,7,9-13H2,(H,26,27)(H,22,23,24). The van der Waals surface area contributed by atoms with E-state index in [1.165, 1.54) is 12.3 Å². The minimum absolute atomic E-state index is 0.169. The minimum atomic E-state index is -1.00. The number of benzene rings is 1. The highest BCUT2D eigenvalue weighted by Crippen LogP contribution is 2.23. The molecule has 8 nitrogen and oxygen atoms in total. The van der Waals surface area contributed by atoms with Crippen LogP contribution < -0.4 is 5.32 Å². The fraction of sp³-hybridized carbons (Fsp3) is 0.350. The lowest BCUT2D eigenvalue weighted by molar-refractivity contribution is 0.0378. The van der Waals surface area contributed by atoms with Crippen LogP contribution in [0.25, 0.3) is 22.6 Å². The Labute approximate surface area is 162 Å². The van der Waals surface area contributed by atoms with Crippen LogP contribution in [0.15, 0.2) is 36.5 Å². The van der Waals surface area contributed by atoms with E-state index in [1.54, 1.807) is 0 Å². The number of anilines is 1. The molecule has 1 aliphatic rings. The molecule has 0 saturated carbocycles. The van der Waals surface area contributed by atoms with E-state index in [1.807, 2.05) is 24.3 Å². The topological polar surface area (TPSA) is 103 Å². The van der Waals surface area contributed by atoms with E-state index in [2.05, 4.69) is 25.2 Å². The van der Waals surface area contributed by atoms with Gasteiger partial charge in [-0.15, -0.1) is 0 Å². The maximum absolute atomic E-state index is 11.3. The molecule has 1 aromatic carbocycles. The van der Waals surface area contributed by atoms with E-state index in [0.717, 1.165) is 57.1 Å². The molecule has 2 aromatic heterocycles. The van der Waals surface area contributed by atoms with E-state index in [0.29, 0.717) is 17.0 Å². The van der Waals surface area contributed by atoms with Gasteiger partial charge in [0, 0.05) is 37.1 Å².